The number of likely N-dealkylation sites (N-methyl/N-ethyl adjacent to an activating group) is 1. The van der Waals surface area contributed by atoms with Crippen molar-refractivity contribution >= 4 is 29.7 Å². The first kappa shape index (κ1) is 95.7. The Morgan fingerprint density at radius 3 is 1.54 bits per heavy atom. The number of piperidine rings is 4. The number of ether oxygens (including phenoxy) is 8. The quantitative estimate of drug-likeness (QED) is 0.0219. The lowest BCUT2D eigenvalue weighted by molar-refractivity contribution is -0.300. The van der Waals surface area contributed by atoms with Gasteiger partial charge in [-0.05, 0) is 336 Å². The van der Waals surface area contributed by atoms with Gasteiger partial charge in [0.1, 0.15) is 34.9 Å². The molecule has 19 heteroatoms. The van der Waals surface area contributed by atoms with Crippen molar-refractivity contribution in [3.63, 3.8) is 0 Å². The van der Waals surface area contributed by atoms with Gasteiger partial charge in [-0.3, -0.25) is 19.5 Å². The number of allylic oxidation sites excluding steroid dienone is 12. The predicted octanol–water partition coefficient (Wildman–Crippen LogP) is 19.7. The summed E-state index contributed by atoms with van der Waals surface area (Å²) in [6.45, 7) is 40.9. The highest BCUT2D eigenvalue weighted by Gasteiger charge is 2.83. The topological polar surface area (TPSA) is 213 Å². The van der Waals surface area contributed by atoms with E-state index in [2.05, 4.69) is 97.7 Å². The molecule has 23 rings (SSSR count). The van der Waals surface area contributed by atoms with Gasteiger partial charge in [0.15, 0.2) is 28.8 Å². The first-order chi connectivity index (χ1) is 63.8. The van der Waals surface area contributed by atoms with Crippen LogP contribution in [-0.4, -0.2) is 185 Å². The zero-order chi connectivity index (χ0) is 95.1. The van der Waals surface area contributed by atoms with Crippen molar-refractivity contribution in [2.45, 2.75) is 313 Å². The van der Waals surface area contributed by atoms with Crippen molar-refractivity contribution in [2.24, 2.45) is 52.3 Å². The van der Waals surface area contributed by atoms with Crippen LogP contribution < -0.4 is 28.4 Å². The molecule has 7 saturated carbocycles. The van der Waals surface area contributed by atoms with Crippen LogP contribution in [0.15, 0.2) is 168 Å². The van der Waals surface area contributed by atoms with E-state index in [0.717, 1.165) is 154 Å². The largest absolute Gasteiger partial charge is 0.482 e. The van der Waals surface area contributed by atoms with Crippen molar-refractivity contribution < 1.29 is 72.1 Å². The minimum absolute atomic E-state index is 0.0000141. The fourth-order valence-electron chi connectivity index (χ4n) is 28.7. The maximum Gasteiger partial charge on any atom is 0.336 e. The van der Waals surface area contributed by atoms with Crippen molar-refractivity contribution in [3.8, 4) is 34.5 Å². The number of hydrogen-bond acceptors (Lipinski definition) is 19. The minimum Gasteiger partial charge on any atom is -0.482 e. The fraction of sp³-hybridized carbons (Fsp3) is 0.591. The smallest absolute Gasteiger partial charge is 0.336 e. The summed E-state index contributed by atoms with van der Waals surface area (Å²) in [5, 5.41) is 23.4. The fourth-order valence-corrected chi connectivity index (χ4v) is 28.7. The van der Waals surface area contributed by atoms with Gasteiger partial charge >= 0.3 is 23.9 Å². The van der Waals surface area contributed by atoms with Crippen LogP contribution in [0.5, 0.6) is 34.5 Å². The molecule has 6 aliphatic heterocycles. The Bertz CT molecular complexity index is 5570. The number of likely N-dealkylation sites (tertiary alicyclic amines) is 4. The van der Waals surface area contributed by atoms with Crippen LogP contribution in [0, 0.1) is 52.3 Å². The molecule has 0 radical (unpaired) electrons. The lowest BCUT2D eigenvalue weighted by atomic mass is 9.34. The molecule has 3 unspecified atom stereocenters. The van der Waals surface area contributed by atoms with Crippen LogP contribution in [0.4, 0.5) is 0 Å². The number of carbonyl (C=O) groups excluding carboxylic acids is 5. The van der Waals surface area contributed by atoms with E-state index in [-0.39, 0.29) is 80.2 Å². The summed E-state index contributed by atoms with van der Waals surface area (Å²) in [5.74, 6) is 5.51. The molecule has 0 amide bonds. The number of nitrogens with zero attached hydrogens (tertiary/aromatic N) is 4. The third-order valence-corrected chi connectivity index (χ3v) is 36.0. The average molecular weight is 1830 g/mol. The standard InChI is InChI=1S/C33H43NO5.C32H41NO5.C25H31NO3.C25H33NO2/c1-20(2)7-6-8-26(35)38-23-12-11-22-17-25-31-13-14-33(37-5,24(18-31)30(3,4)36)29-32(31,27(22)28(23)39-29)15-16-34(25)19-21-9-10-21;1-7-13-29(4,35)23-19-30-14-15-32(23,36-6)28-31(30)16-17-33(5)24(30)18-21-11-12-22(27(38-28)26(21)31)37-25(34)10-8-9-20(2)3;1-16(2)6-5-7-22(27)29-19-10-11-20-21(14-19)25(4)12-13-26(15-18-8-9-18)23(17(25)3)24(20)28;1-17(2)6-5-7-24(27)28-21-11-10-20-14-23-18(3)25(4,22(20)15-21)12-13-26(23)16-19-8-9-19/h6-8,11-12,21,24-25,29,36H,9-10,13-19H2,1-5H3;8-12,14-15,23-24,28,35H,7,13,16-19H2,1-6H3;5-7,10-11,14,17-18,23H,8-9,12-13,15H2,1-4H3;5-7,10-11,15,18-19,23H,8-9,12-14,16H2,1-4H3/b8-6+;10-8+;2*7-5+/t24-,25-,29-,31+,32+,33+;23-,24-,28-,29-,30-,31+,32-;17-,23-,25+;/m110./s1. The molecule has 19 atom stereocenters. The van der Waals surface area contributed by atoms with Gasteiger partial charge in [0, 0.05) is 121 Å². The number of fused-ring (bicyclic) bond motifs is 11. The average Bonchev–Trinajstić information content (AvgIpc) is 1.61. The highest BCUT2D eigenvalue weighted by molar-refractivity contribution is 6.04. The van der Waals surface area contributed by atoms with E-state index in [1.807, 2.05) is 131 Å². The third kappa shape index (κ3) is 16.3. The number of methoxy groups -OCH3 is 2. The normalized spacial score (nSPS) is 34.1. The third-order valence-electron chi connectivity index (χ3n) is 36.0. The van der Waals surface area contributed by atoms with E-state index < -0.39 is 40.3 Å². The lowest BCUT2D eigenvalue weighted by Crippen LogP contribution is -2.82. The van der Waals surface area contributed by atoms with Gasteiger partial charge in [-0.1, -0.05) is 142 Å². The molecule has 0 aromatic heterocycles. The number of carbonyl (C=O) groups is 5. The van der Waals surface area contributed by atoms with Gasteiger partial charge in [-0.2, -0.15) is 0 Å². The van der Waals surface area contributed by atoms with Crippen molar-refractivity contribution in [3.05, 3.63) is 213 Å². The highest BCUT2D eigenvalue weighted by Crippen LogP contribution is 2.79. The van der Waals surface area contributed by atoms with Gasteiger partial charge in [0.05, 0.1) is 22.7 Å². The molecular formula is C115H148N4O15. The molecule has 13 aliphatic carbocycles. The maximum absolute atomic E-state index is 13.4. The molecule has 4 aromatic rings. The number of esters is 4. The number of hydrogen-bond donors (Lipinski definition) is 2. The molecule has 4 saturated heterocycles. The maximum atomic E-state index is 13.4. The molecule has 4 aromatic carbocycles. The Hall–Kier alpha value is -8.63. The molecule has 718 valence electrons. The van der Waals surface area contributed by atoms with Crippen molar-refractivity contribution in [1.82, 2.24) is 19.6 Å². The molecule has 19 aliphatic rings. The molecule has 11 fully saturated rings. The summed E-state index contributed by atoms with van der Waals surface area (Å²) in [6, 6.07) is 21.3. The number of rotatable bonds is 24. The minimum atomic E-state index is -0.902. The Morgan fingerprint density at radius 1 is 0.515 bits per heavy atom. The first-order valence-electron chi connectivity index (χ1n) is 50.6. The number of ketones is 1. The molecule has 19 nitrogen and oxygen atoms in total. The molecule has 6 heterocycles. The van der Waals surface area contributed by atoms with Gasteiger partial charge in [-0.25, -0.2) is 19.2 Å². The Labute approximate surface area is 796 Å². The van der Waals surface area contributed by atoms with Gasteiger partial charge in [0.25, 0.3) is 0 Å². The second-order valence-corrected chi connectivity index (χ2v) is 45.7. The van der Waals surface area contributed by atoms with Crippen LogP contribution >= 0.6 is 0 Å². The molecule has 2 N–H and O–H groups in total. The summed E-state index contributed by atoms with van der Waals surface area (Å²) >= 11 is 0. The lowest BCUT2D eigenvalue weighted by Gasteiger charge is -2.75. The van der Waals surface area contributed by atoms with E-state index >= 15 is 0 Å². The Balaban J connectivity index is 0.000000121. The number of Topliss-reactive ketones (excluding diaryl/α,β-unsaturated/α-hetero) is 1. The van der Waals surface area contributed by atoms with Crippen LogP contribution in [-0.2, 0) is 69.6 Å². The number of benzene rings is 4. The summed E-state index contributed by atoms with van der Waals surface area (Å²) in [5.41, 5.74) is 10.5. The zero-order valence-electron chi connectivity index (χ0n) is 83.2. The summed E-state index contributed by atoms with van der Waals surface area (Å²) < 4.78 is 50.0. The molecule has 134 heavy (non-hydrogen) atoms. The Kier molecular flexibility index (Phi) is 25.7. The monoisotopic (exact) mass is 1830 g/mol. The van der Waals surface area contributed by atoms with Gasteiger partial charge in [0.2, 0.25) is 0 Å². The van der Waals surface area contributed by atoms with Crippen LogP contribution in [0.1, 0.15) is 263 Å². The van der Waals surface area contributed by atoms with E-state index in [1.165, 1.54) is 122 Å². The van der Waals surface area contributed by atoms with Crippen LogP contribution in [0.2, 0.25) is 0 Å². The van der Waals surface area contributed by atoms with E-state index in [4.69, 9.17) is 37.9 Å². The van der Waals surface area contributed by atoms with E-state index in [9.17, 15) is 34.2 Å². The molecule has 12 bridgehead atoms. The van der Waals surface area contributed by atoms with Crippen LogP contribution in [0.3, 0.4) is 0 Å². The first-order valence-corrected chi connectivity index (χ1v) is 50.6. The summed E-state index contributed by atoms with van der Waals surface area (Å²) in [7, 11) is 5.79. The molecule has 4 spiro atoms. The van der Waals surface area contributed by atoms with Gasteiger partial charge in [-0.15, -0.1) is 0 Å². The van der Waals surface area contributed by atoms with Crippen molar-refractivity contribution in [2.75, 3.05) is 67.1 Å². The second kappa shape index (κ2) is 36.0. The summed E-state index contributed by atoms with van der Waals surface area (Å²) in [4.78, 5) is 73.7. The van der Waals surface area contributed by atoms with E-state index in [0.29, 0.717) is 59.2 Å². The zero-order valence-corrected chi connectivity index (χ0v) is 83.2. The second-order valence-electron chi connectivity index (χ2n) is 45.7. The van der Waals surface area contributed by atoms with Gasteiger partial charge < -0.3 is 53.0 Å². The predicted molar refractivity (Wildman–Crippen MR) is 523 cm³/mol. The molecular weight excluding hydrogens is 1680 g/mol. The highest BCUT2D eigenvalue weighted by atomic mass is 16.6. The Morgan fingerprint density at radius 2 is 1.00 bits per heavy atom. The van der Waals surface area contributed by atoms with Crippen LogP contribution in [0.25, 0.3) is 0 Å². The number of aliphatic hydroxyl groups is 2. The van der Waals surface area contributed by atoms with E-state index in [1.54, 1.807) is 44.6 Å². The van der Waals surface area contributed by atoms with Crippen molar-refractivity contribution in [1.29, 1.82) is 0 Å². The summed E-state index contributed by atoms with van der Waals surface area (Å²) in [6.07, 6.45) is 45.0. The SMILES string of the molecule is CC(C)=C/C=C/C(=O)Oc1ccc2c(c1)C1(C)CCN(CC3CC3)C(C2)C1C.CC(C)=C/C=C/C(=O)Oc1ccc2c(c1)[C@]1(C)CCN(CC3CC3)[C@H](C2=O)[C@@H]1C.CCC[C@@](C)(O)[C@H]1C[C@@]23C=C[C@]1(OC)[C@@H]1Oc4c(OC(=O)/C=C/C=C(C)C)ccc5c4[C@@]12CCN(C)[C@@H]3C5.CO[C@@]12CC[C@]3(C[C@@H]1C(C)(C)O)[C@H]1Cc4ccc(OC(=O)/C=C/C=C(C)C)c5c4[C@@]3(CCN1CC1CC1)[C@H]2O5.